The van der Waals surface area contributed by atoms with E-state index in [9.17, 15) is 4.79 Å². The highest BCUT2D eigenvalue weighted by molar-refractivity contribution is 5.76. The smallest absolute Gasteiger partial charge is 0.222 e. The largest absolute Gasteiger partial charge is 0.496 e. The molecule has 1 spiro atoms. The molecule has 6 heteroatoms. The molecule has 1 unspecified atom stereocenters. The van der Waals surface area contributed by atoms with Gasteiger partial charge in [-0.1, -0.05) is 19.9 Å². The Hall–Kier alpha value is -1.79. The van der Waals surface area contributed by atoms with Crippen molar-refractivity contribution in [2.75, 3.05) is 34.5 Å². The summed E-state index contributed by atoms with van der Waals surface area (Å²) in [7, 11) is 5.02. The number of amides is 1. The van der Waals surface area contributed by atoms with Gasteiger partial charge >= 0.3 is 0 Å². The third-order valence-corrected chi connectivity index (χ3v) is 8.09. The molecule has 1 aliphatic heterocycles. The van der Waals surface area contributed by atoms with Crippen molar-refractivity contribution in [2.24, 2.45) is 22.7 Å². The Labute approximate surface area is 179 Å². The highest BCUT2D eigenvalue weighted by Crippen LogP contribution is 2.71. The topological polar surface area (TPSA) is 66.0 Å². The fourth-order valence-corrected chi connectivity index (χ4v) is 6.66. The van der Waals surface area contributed by atoms with Crippen LogP contribution in [-0.4, -0.2) is 46.5 Å². The molecule has 1 amide bonds. The van der Waals surface area contributed by atoms with Gasteiger partial charge in [-0.25, -0.2) is 0 Å². The molecule has 3 aliphatic rings. The van der Waals surface area contributed by atoms with E-state index >= 15 is 0 Å². The van der Waals surface area contributed by atoms with Crippen molar-refractivity contribution in [1.29, 1.82) is 0 Å². The lowest BCUT2D eigenvalue weighted by molar-refractivity contribution is -0.138. The summed E-state index contributed by atoms with van der Waals surface area (Å²) in [6, 6.07) is 6.03. The first-order valence-electron chi connectivity index (χ1n) is 11.0. The predicted molar refractivity (Wildman–Crippen MR) is 114 cm³/mol. The summed E-state index contributed by atoms with van der Waals surface area (Å²) >= 11 is 0. The summed E-state index contributed by atoms with van der Waals surface area (Å²) in [5, 5.41) is 3.42. The number of hydrogen-bond acceptors (Lipinski definition) is 5. The van der Waals surface area contributed by atoms with Crippen molar-refractivity contribution >= 4 is 5.91 Å². The van der Waals surface area contributed by atoms with E-state index in [2.05, 4.69) is 19.2 Å². The predicted octanol–water partition coefficient (Wildman–Crippen LogP) is 3.74. The molecular formula is C24H35NO5. The molecule has 1 heterocycles. The zero-order valence-electron chi connectivity index (χ0n) is 18.8. The average Bonchev–Trinajstić information content (AvgIpc) is 3.24. The van der Waals surface area contributed by atoms with Crippen LogP contribution in [0.25, 0.3) is 0 Å². The number of hydrogen-bond donors (Lipinski definition) is 1. The van der Waals surface area contributed by atoms with E-state index in [1.165, 1.54) is 0 Å². The molecule has 1 saturated heterocycles. The molecule has 2 bridgehead atoms. The van der Waals surface area contributed by atoms with Gasteiger partial charge in [0.15, 0.2) is 0 Å². The summed E-state index contributed by atoms with van der Waals surface area (Å²) in [5.41, 5.74) is 1.10. The van der Waals surface area contributed by atoms with E-state index in [4.69, 9.17) is 18.9 Å². The van der Waals surface area contributed by atoms with Gasteiger partial charge in [0.1, 0.15) is 11.5 Å². The second kappa shape index (κ2) is 8.04. The van der Waals surface area contributed by atoms with Gasteiger partial charge in [-0.15, -0.1) is 0 Å². The first-order valence-corrected chi connectivity index (χ1v) is 11.0. The van der Waals surface area contributed by atoms with Crippen molar-refractivity contribution in [3.05, 3.63) is 23.8 Å². The maximum Gasteiger partial charge on any atom is 0.222 e. The minimum atomic E-state index is -0.0932. The van der Waals surface area contributed by atoms with Crippen LogP contribution in [0.4, 0.5) is 0 Å². The summed E-state index contributed by atoms with van der Waals surface area (Å²) in [4.78, 5) is 12.7. The maximum absolute atomic E-state index is 12.7. The van der Waals surface area contributed by atoms with E-state index in [0.29, 0.717) is 31.5 Å². The number of nitrogens with one attached hydrogen (secondary N) is 1. The van der Waals surface area contributed by atoms with Gasteiger partial charge < -0.3 is 24.3 Å². The lowest BCUT2D eigenvalue weighted by Gasteiger charge is -2.53. The number of methoxy groups -OCH3 is 3. The number of fused-ring (bicyclic) bond motifs is 1. The molecule has 4 rings (SSSR count). The van der Waals surface area contributed by atoms with Gasteiger partial charge in [0, 0.05) is 26.2 Å². The van der Waals surface area contributed by atoms with Crippen LogP contribution in [0.1, 0.15) is 51.2 Å². The normalized spacial score (nSPS) is 33.8. The van der Waals surface area contributed by atoms with Gasteiger partial charge in [0.05, 0.1) is 32.5 Å². The first kappa shape index (κ1) is 21.4. The van der Waals surface area contributed by atoms with Crippen LogP contribution in [0, 0.1) is 22.7 Å². The second-order valence-electron chi connectivity index (χ2n) is 9.66. The van der Waals surface area contributed by atoms with Gasteiger partial charge in [-0.2, -0.15) is 0 Å². The highest BCUT2D eigenvalue weighted by Gasteiger charge is 2.68. The lowest BCUT2D eigenvalue weighted by Crippen LogP contribution is -2.59. The Balaban J connectivity index is 1.69. The molecule has 0 aromatic heterocycles. The zero-order chi connectivity index (χ0) is 21.5. The number of ether oxygens (including phenoxy) is 4. The van der Waals surface area contributed by atoms with E-state index in [0.717, 1.165) is 36.3 Å². The quantitative estimate of drug-likeness (QED) is 0.732. The third kappa shape index (κ3) is 3.19. The molecule has 2 aliphatic carbocycles. The van der Waals surface area contributed by atoms with Crippen LogP contribution in [0.5, 0.6) is 11.5 Å². The number of carbonyl (C=O) groups excluding carboxylic acids is 1. The van der Waals surface area contributed by atoms with E-state index in [1.54, 1.807) is 21.3 Å². The van der Waals surface area contributed by atoms with Crippen LogP contribution < -0.4 is 14.8 Å². The molecule has 1 N–H and O–H groups in total. The Bertz CT molecular complexity index is 772. The molecule has 6 nitrogen and oxygen atoms in total. The molecule has 1 aromatic rings. The maximum atomic E-state index is 12.7. The Kier molecular flexibility index (Phi) is 5.75. The Morgan fingerprint density at radius 3 is 2.53 bits per heavy atom. The van der Waals surface area contributed by atoms with Crippen LogP contribution >= 0.6 is 0 Å². The average molecular weight is 418 g/mol. The monoisotopic (exact) mass is 417 g/mol. The minimum Gasteiger partial charge on any atom is -0.496 e. The SMILES string of the molecule is COCCC(=O)N[C@H]1C(C)(C)[C@@H]2C[C@@H]3[C@@H](c4c(OC)cccc4OC)OCCC31C2. The fraction of sp³-hybridized carbons (Fsp3) is 0.708. The summed E-state index contributed by atoms with van der Waals surface area (Å²) in [6.45, 7) is 5.76. The van der Waals surface area contributed by atoms with Crippen molar-refractivity contribution in [2.45, 2.75) is 51.7 Å². The summed E-state index contributed by atoms with van der Waals surface area (Å²) in [5.74, 6) is 2.56. The summed E-state index contributed by atoms with van der Waals surface area (Å²) in [6.07, 6.45) is 3.51. The number of carbonyl (C=O) groups is 1. The number of rotatable bonds is 7. The second-order valence-corrected chi connectivity index (χ2v) is 9.66. The van der Waals surface area contributed by atoms with Gasteiger partial charge in [0.2, 0.25) is 5.91 Å². The Morgan fingerprint density at radius 1 is 1.20 bits per heavy atom. The number of benzene rings is 1. The van der Waals surface area contributed by atoms with Crippen LogP contribution in [0.15, 0.2) is 18.2 Å². The van der Waals surface area contributed by atoms with Crippen molar-refractivity contribution < 1.29 is 23.7 Å². The van der Waals surface area contributed by atoms with Crippen LogP contribution in [-0.2, 0) is 14.3 Å². The van der Waals surface area contributed by atoms with E-state index in [1.807, 2.05) is 18.2 Å². The molecule has 5 atom stereocenters. The van der Waals surface area contributed by atoms with Gasteiger partial charge in [-0.05, 0) is 54.1 Å². The first-order chi connectivity index (χ1) is 14.4. The standard InChI is InChI=1S/C24H35NO5/c1-23(2)15-13-16-21(20-17(28-4)7-6-8-18(20)29-5)30-12-10-24(16,14-15)22(23)25-19(26)9-11-27-3/h6-8,15-16,21-22H,9-14H2,1-5H3,(H,25,26)/t15-,16-,21+,22+,24?/m1/s1. The molecule has 2 saturated carbocycles. The third-order valence-electron chi connectivity index (χ3n) is 8.09. The van der Waals surface area contributed by atoms with Crippen molar-refractivity contribution in [3.63, 3.8) is 0 Å². The molecule has 30 heavy (non-hydrogen) atoms. The van der Waals surface area contributed by atoms with Crippen molar-refractivity contribution in [3.8, 4) is 11.5 Å². The van der Waals surface area contributed by atoms with Crippen molar-refractivity contribution in [1.82, 2.24) is 5.32 Å². The molecule has 0 radical (unpaired) electrons. The highest BCUT2D eigenvalue weighted by atomic mass is 16.5. The van der Waals surface area contributed by atoms with E-state index in [-0.39, 0.29) is 28.9 Å². The Morgan fingerprint density at radius 2 is 1.90 bits per heavy atom. The molecule has 166 valence electrons. The molecular weight excluding hydrogens is 382 g/mol. The zero-order valence-corrected chi connectivity index (χ0v) is 18.8. The lowest BCUT2D eigenvalue weighted by atomic mass is 9.58. The van der Waals surface area contributed by atoms with Crippen LogP contribution in [0.2, 0.25) is 0 Å². The van der Waals surface area contributed by atoms with Crippen LogP contribution in [0.3, 0.4) is 0 Å². The molecule has 3 fully saturated rings. The summed E-state index contributed by atoms with van der Waals surface area (Å²) < 4.78 is 22.9. The van der Waals surface area contributed by atoms with Gasteiger partial charge in [0.25, 0.3) is 0 Å². The minimum absolute atomic E-state index is 0.0334. The fourth-order valence-electron chi connectivity index (χ4n) is 6.66. The van der Waals surface area contributed by atoms with E-state index < -0.39 is 0 Å². The van der Waals surface area contributed by atoms with Gasteiger partial charge in [-0.3, -0.25) is 4.79 Å². The molecule has 1 aromatic carbocycles.